The number of aliphatic hydroxyl groups is 7. The molecule has 0 aliphatic carbocycles. The molecule has 0 radical (unpaired) electrons. The van der Waals surface area contributed by atoms with Gasteiger partial charge in [-0.25, -0.2) is 56.2 Å². The summed E-state index contributed by atoms with van der Waals surface area (Å²) in [5.41, 5.74) is 0.155. The second-order valence-electron chi connectivity index (χ2n) is 30.1. The van der Waals surface area contributed by atoms with Gasteiger partial charge in [0, 0.05) is 13.8 Å². The first-order valence-corrected chi connectivity index (χ1v) is 52.0. The minimum Gasteiger partial charge on any atom is -0.502 e. The van der Waals surface area contributed by atoms with Gasteiger partial charge in [-0.15, -0.1) is 0 Å². The summed E-state index contributed by atoms with van der Waals surface area (Å²) >= 11 is 0. The summed E-state index contributed by atoms with van der Waals surface area (Å²) in [6, 6.07) is 0.997. The van der Waals surface area contributed by atoms with Crippen molar-refractivity contribution in [2.24, 2.45) is 0 Å². The van der Waals surface area contributed by atoms with Gasteiger partial charge in [0.1, 0.15) is 134 Å². The van der Waals surface area contributed by atoms with Gasteiger partial charge in [0.2, 0.25) is 11.8 Å². The molecule has 0 aromatic heterocycles. The molecule has 7 saturated heterocycles. The Kier molecular flexibility index (Phi) is 40.6. The van der Waals surface area contributed by atoms with Gasteiger partial charge in [0.25, 0.3) is 0 Å². The Labute approximate surface area is 793 Å². The van der Waals surface area contributed by atoms with Crippen molar-refractivity contribution >= 4 is 134 Å². The molecule has 7 heterocycles. The fourth-order valence-electron chi connectivity index (χ4n) is 14.5. The Morgan fingerprint density at radius 3 is 1.01 bits per heavy atom. The van der Waals surface area contributed by atoms with E-state index in [1.165, 1.54) is 30.3 Å². The van der Waals surface area contributed by atoms with E-state index in [1.807, 2.05) is 10.6 Å². The zero-order valence-corrected chi connectivity index (χ0v) is 78.8. The number of nitrogens with one attached hydrogen (secondary N) is 2. The lowest BCUT2D eigenvalue weighted by atomic mass is 9.93. The highest BCUT2D eigenvalue weighted by Crippen LogP contribution is 2.43. The van der Waals surface area contributed by atoms with Gasteiger partial charge in [0.15, 0.2) is 80.3 Å². The van der Waals surface area contributed by atoms with Gasteiger partial charge >= 0.3 is 122 Å². The summed E-state index contributed by atoms with van der Waals surface area (Å²) in [5.74, 6) is -12.7. The van der Waals surface area contributed by atoms with Crippen molar-refractivity contribution in [2.75, 3.05) is 19.8 Å². The highest BCUT2D eigenvalue weighted by Gasteiger charge is 2.64. The number of rotatable bonds is 47. The molecule has 37 atom stereocenters. The van der Waals surface area contributed by atoms with Crippen molar-refractivity contribution in [1.29, 1.82) is 0 Å². The van der Waals surface area contributed by atoms with Crippen LogP contribution in [0.15, 0.2) is 42.2 Å². The smallest absolute Gasteiger partial charge is 0.397 e. The van der Waals surface area contributed by atoms with E-state index in [9.17, 15) is 205 Å². The molecule has 2 amide bonds. The van der Waals surface area contributed by atoms with Gasteiger partial charge in [-0.3, -0.25) is 55.1 Å². The second kappa shape index (κ2) is 47.6. The van der Waals surface area contributed by atoms with Crippen LogP contribution >= 0.6 is 0 Å². The van der Waals surface area contributed by atoms with Gasteiger partial charge in [-0.2, -0.15) is 84.2 Å². The maximum Gasteiger partial charge on any atom is 0.397 e. The maximum absolute atomic E-state index is 14.4. The van der Waals surface area contributed by atoms with Crippen LogP contribution in [0.1, 0.15) is 40.2 Å². The lowest BCUT2D eigenvalue weighted by Gasteiger charge is -2.52. The lowest BCUT2D eigenvalue weighted by Crippen LogP contribution is -2.72. The molecule has 141 heavy (non-hydrogen) atoms. The molecule has 72 nitrogen and oxygen atoms in total. The number of carboxylic acid groups (broad SMARTS) is 3. The highest BCUT2D eigenvalue weighted by atomic mass is 32.3. The predicted molar refractivity (Wildman–Crippen MR) is 419 cm³/mol. The molecule has 22 N–H and O–H groups in total. The zero-order valence-electron chi connectivity index (χ0n) is 70.6. The fraction of sp³-hybridized carbons (Fsp3) is 0.780. The normalized spacial score (nSPS) is 36.4. The van der Waals surface area contributed by atoms with Crippen LogP contribution in [0.5, 0.6) is 0 Å². The first-order valence-electron chi connectivity index (χ1n) is 38.3. The third-order valence-electron chi connectivity index (χ3n) is 19.8. The van der Waals surface area contributed by atoms with Crippen LogP contribution in [0.2, 0.25) is 0 Å². The number of carbonyl (C=O) groups excluding carboxylic acids is 2. The van der Waals surface area contributed by atoms with E-state index >= 15 is 0 Å². The number of ether oxygens (including phenoxy) is 15. The molecule has 814 valence electrons. The van der Waals surface area contributed by atoms with Crippen LogP contribution in [0.25, 0.3) is 0 Å². The van der Waals surface area contributed by atoms with Crippen molar-refractivity contribution in [3.8, 4) is 0 Å². The Morgan fingerprint density at radius 1 is 0.355 bits per heavy atom. The van der Waals surface area contributed by atoms with Crippen LogP contribution in [0, 0.1) is 0 Å². The Morgan fingerprint density at radius 2 is 0.667 bits per heavy atom. The molecule has 15 unspecified atom stereocenters. The predicted octanol–water partition coefficient (Wildman–Crippen LogP) is -13.0. The summed E-state index contributed by atoms with van der Waals surface area (Å²) < 4.78 is 480. The van der Waals surface area contributed by atoms with Crippen LogP contribution < -0.4 is 10.6 Å². The summed E-state index contributed by atoms with van der Waals surface area (Å²) in [5, 5.41) is 119. The molecule has 0 bridgehead atoms. The molecule has 0 spiro atoms. The minimum atomic E-state index is -6.47. The molecule has 82 heteroatoms. The summed E-state index contributed by atoms with van der Waals surface area (Å²) in [7, 11) is -60.8. The SMILES string of the molecule is CC(=O)NC1[C@H](O[C@@H]2C(C(=O)O)O[C@@H](O[C@@H]3C(NC(C)=O)[C@H](O[C@@H]4C(C(=O)O)O[C@@H](OCc5ccccc5)C(O)[C@H]4O[C@@H]4OC(C)[C@@H](OS(=O)(=O)O)[C@H](O)C4OS(=O)(=O)O)OC(COS(=O)(=O)O)[C@@H]3OS(=O)(=O)O)[C@@H](O)C2O[C@@H]2OC(C)[C@@H](OS(=O)(=O)O)[C@H](O)C2OS(=O)(=O)O)OC(COS(=O)(=O)O)[C@H](OS(=O)(=O)O)[C@@H]1OCC(O)[C@H](/C=C(\O)C(=O)O)O[C@@H]1OC(C)[C@@H](OS(=O)(=O)O)[C@H](O)C1OS(=O)(=O)O. The van der Waals surface area contributed by atoms with E-state index in [-0.39, 0.29) is 11.6 Å². The van der Waals surface area contributed by atoms with Crippen LogP contribution in [0.4, 0.5) is 0 Å². The highest BCUT2D eigenvalue weighted by molar-refractivity contribution is 7.83. The van der Waals surface area contributed by atoms with E-state index in [2.05, 4.69) is 33.5 Å². The molecule has 1 aromatic rings. The number of hydrogen-bond acceptors (Lipinski definition) is 57. The standard InChI is InChI=1S/C59H88N2O70S10/c1-16-34(124-134(83,84)85)29(66)43(129-139(98,99)100)57(111-16)114-24(11-22(64)50(71)72)23(65)13-107-39-27(60-19(4)62)53(115-25(14-109-132(77,78)79)37(39)127-137(92,93)94)120-47-42(119-59-45(131-141(104,105)106)31(68)36(18(3)113-59)126-136(89,90)91)33(70)56(123-49(47)52(75)76)117-40-28(61-20(5)63)54(116-26(15-110-133(80,81)82)38(40)128-138(95,96)97)121-46-41(32(69)55(122-48(46)51(73)74)108-12-21-9-7-6-8-10-21)118-58-44(130-140(101,102)103)30(67)35(17(2)112-58)125-135(86,87)88/h6-11,16-18,23-49,53-59,64-70H,12-15H2,1-5H3,(H,60,62)(H,61,63)(H,71,72)(H,73,74)(H,75,76)(H,77,78,79)(H,80,81,82)(H,83,84,85)(H,86,87,88)(H,89,90,91)(H,92,93,94)(H,95,96,97)(H,98,99,100)(H,101,102,103)(H,104,105,106)/b22-11-/t16?,17?,18?,23?,24-,25?,26?,27?,28?,29-,30-,31-,32?,33-,34+,35+,36+,37-,38-,39+,40+,41+,42?,43?,44?,45?,46-,47-,48?,49?,53-,54-,55+,56+,57-,58-,59-/m0/s1. The molecule has 8 rings (SSSR count). The summed E-state index contributed by atoms with van der Waals surface area (Å²) in [6.07, 6.45) is -105. The number of amides is 2. The largest absolute Gasteiger partial charge is 0.502 e. The van der Waals surface area contributed by atoms with Crippen LogP contribution in [-0.2, 0) is 247 Å². The van der Waals surface area contributed by atoms with Gasteiger partial charge in [-0.1, -0.05) is 30.3 Å². The van der Waals surface area contributed by atoms with Crippen molar-refractivity contribution in [3.05, 3.63) is 47.7 Å². The van der Waals surface area contributed by atoms with E-state index in [0.717, 1.165) is 13.8 Å². The number of hydrogen-bond donors (Lipinski definition) is 22. The molecule has 1 aromatic carbocycles. The molecule has 7 aliphatic rings. The first kappa shape index (κ1) is 120. The monoisotopic (exact) mass is 2260 g/mol. The van der Waals surface area contributed by atoms with E-state index in [1.54, 1.807) is 0 Å². The molecule has 0 saturated carbocycles. The van der Waals surface area contributed by atoms with Gasteiger partial charge in [-0.05, 0) is 32.4 Å². The summed E-state index contributed by atoms with van der Waals surface area (Å²) in [4.78, 5) is 67.9. The molecule has 7 aliphatic heterocycles. The Balaban J connectivity index is 1.35. The average Bonchev–Trinajstić information content (AvgIpc) is 0.748. The van der Waals surface area contributed by atoms with Crippen molar-refractivity contribution in [1.82, 2.24) is 10.6 Å². The number of benzene rings is 1. The van der Waals surface area contributed by atoms with Gasteiger partial charge < -0.3 is 133 Å². The molecular formula is C59H88N2O70S10. The minimum absolute atomic E-state index is 0.102. The molecule has 7 fully saturated rings. The first-order chi connectivity index (χ1) is 64.3. The van der Waals surface area contributed by atoms with Gasteiger partial charge in [0.05, 0.1) is 44.7 Å². The topological polar surface area (TPSA) is 1090 Å². The molecular weight excluding hydrogens is 2180 g/mol. The van der Waals surface area contributed by atoms with E-state index < -0.39 is 393 Å². The van der Waals surface area contributed by atoms with Crippen molar-refractivity contribution in [2.45, 2.75) is 268 Å². The second-order valence-corrected chi connectivity index (χ2v) is 40.7. The van der Waals surface area contributed by atoms with Crippen molar-refractivity contribution < 1.29 is 318 Å². The lowest BCUT2D eigenvalue weighted by molar-refractivity contribution is -0.390. The summed E-state index contributed by atoms with van der Waals surface area (Å²) in [6.45, 7) is -3.78. The van der Waals surface area contributed by atoms with E-state index in [4.69, 9.17) is 79.4 Å². The van der Waals surface area contributed by atoms with Crippen LogP contribution in [0.3, 0.4) is 0 Å². The van der Waals surface area contributed by atoms with Crippen LogP contribution in [-0.4, -0.2) is 457 Å². The number of aliphatic carboxylic acids is 3. The van der Waals surface area contributed by atoms with E-state index in [0.29, 0.717) is 20.8 Å². The zero-order chi connectivity index (χ0) is 107. The third-order valence-corrected chi connectivity index (χ3v) is 24.4. The number of carboxylic acids is 3. The number of carbonyl (C=O) groups is 5. The Bertz CT molecular complexity index is 5770. The number of aliphatic hydroxyl groups excluding tert-OH is 7. The fourth-order valence-corrected chi connectivity index (χ4v) is 19.2. The third kappa shape index (κ3) is 35.6. The van der Waals surface area contributed by atoms with Crippen molar-refractivity contribution in [3.63, 3.8) is 0 Å². The quantitative estimate of drug-likeness (QED) is 0.0164. The maximum atomic E-state index is 14.4. The Hall–Kier alpha value is -6.03. The average molecular weight is 2270 g/mol.